The lowest BCUT2D eigenvalue weighted by atomic mass is 9.87. The molecule has 0 saturated carbocycles. The molecule has 1 atom stereocenters. The predicted molar refractivity (Wildman–Crippen MR) is 99.9 cm³/mol. The number of carbonyl (C=O) groups is 1. The highest BCUT2D eigenvalue weighted by Gasteiger charge is 2.26. The van der Waals surface area contributed by atoms with Crippen LogP contribution in [0.2, 0.25) is 0 Å². The molecule has 24 heavy (non-hydrogen) atoms. The molecule has 0 unspecified atom stereocenters. The highest BCUT2D eigenvalue weighted by molar-refractivity contribution is 7.93. The van der Waals surface area contributed by atoms with Gasteiger partial charge < -0.3 is 5.32 Å². The molecule has 1 aliphatic rings. The Labute approximate surface area is 144 Å². The molecule has 1 aliphatic heterocycles. The second-order valence-electron chi connectivity index (χ2n) is 7.16. The minimum atomic E-state index is -3.17. The summed E-state index contributed by atoms with van der Waals surface area (Å²) in [5.74, 6) is -0.133. The van der Waals surface area contributed by atoms with Gasteiger partial charge in [-0.2, -0.15) is 0 Å². The zero-order valence-electron chi connectivity index (χ0n) is 14.9. The Morgan fingerprint density at radius 1 is 1.33 bits per heavy atom. The summed E-state index contributed by atoms with van der Waals surface area (Å²) in [5, 5.41) is 4.60. The molecule has 0 saturated heterocycles. The number of para-hydroxylation sites is 1. The third kappa shape index (κ3) is 4.57. The van der Waals surface area contributed by atoms with Crippen LogP contribution in [0, 0.1) is 5.92 Å². The number of sulfone groups is 1. The van der Waals surface area contributed by atoms with E-state index < -0.39 is 9.84 Å². The van der Waals surface area contributed by atoms with Crippen molar-refractivity contribution in [1.82, 2.24) is 0 Å². The average molecular weight is 347 g/mol. The molecule has 0 aromatic heterocycles. The number of anilines is 1. The van der Waals surface area contributed by atoms with Crippen LogP contribution in [0.15, 0.2) is 35.8 Å². The Kier molecular flexibility index (Phi) is 5.04. The van der Waals surface area contributed by atoms with E-state index in [4.69, 9.17) is 0 Å². The molecule has 0 aliphatic carbocycles. The highest BCUT2D eigenvalue weighted by atomic mass is 32.2. The number of carbonyl (C=O) groups excluding carboxylic acids is 1. The van der Waals surface area contributed by atoms with Gasteiger partial charge in [-0.1, -0.05) is 31.2 Å². The van der Waals surface area contributed by atoms with Crippen LogP contribution < -0.4 is 5.32 Å². The molecular weight excluding hydrogens is 322 g/mol. The highest BCUT2D eigenvalue weighted by Crippen LogP contribution is 2.36. The van der Waals surface area contributed by atoms with Crippen LogP contribution >= 0.6 is 0 Å². The first-order chi connectivity index (χ1) is 11.0. The number of hydrogen-bond donors (Lipinski definition) is 1. The Hall–Kier alpha value is -1.88. The molecule has 4 nitrogen and oxygen atoms in total. The van der Waals surface area contributed by atoms with Crippen molar-refractivity contribution in [1.29, 1.82) is 0 Å². The van der Waals surface area contributed by atoms with Gasteiger partial charge in [0.2, 0.25) is 0 Å². The van der Waals surface area contributed by atoms with E-state index in [0.29, 0.717) is 5.56 Å². The third-order valence-electron chi connectivity index (χ3n) is 3.98. The maximum absolute atomic E-state index is 12.7. The van der Waals surface area contributed by atoms with Gasteiger partial charge in [0.1, 0.15) is 0 Å². The predicted octanol–water partition coefficient (Wildman–Crippen LogP) is 4.06. The molecule has 1 heterocycles. The Morgan fingerprint density at radius 3 is 2.62 bits per heavy atom. The molecule has 130 valence electrons. The normalized spacial score (nSPS) is 17.8. The third-order valence-corrected chi connectivity index (χ3v) is 4.63. The van der Waals surface area contributed by atoms with Gasteiger partial charge in [-0.05, 0) is 38.3 Å². The quantitative estimate of drug-likeness (QED) is 0.816. The number of fused-ring (bicyclic) bond motifs is 1. The molecule has 0 spiro atoms. The number of allylic oxidation sites excluding steroid dienone is 2. The van der Waals surface area contributed by atoms with Gasteiger partial charge >= 0.3 is 0 Å². The van der Waals surface area contributed by atoms with Crippen molar-refractivity contribution in [3.8, 4) is 0 Å². The number of hydrogen-bond acceptors (Lipinski definition) is 4. The van der Waals surface area contributed by atoms with Crippen LogP contribution in [0.5, 0.6) is 0 Å². The van der Waals surface area contributed by atoms with E-state index in [0.717, 1.165) is 23.1 Å². The maximum atomic E-state index is 12.7. The number of ketones is 1. The maximum Gasteiger partial charge on any atom is 0.168 e. The van der Waals surface area contributed by atoms with Crippen LogP contribution in [-0.2, 0) is 9.84 Å². The Morgan fingerprint density at radius 2 is 2.00 bits per heavy atom. The minimum absolute atomic E-state index is 0.00972. The van der Waals surface area contributed by atoms with E-state index in [1.54, 1.807) is 6.08 Å². The lowest BCUT2D eigenvalue weighted by Crippen LogP contribution is -2.32. The van der Waals surface area contributed by atoms with Gasteiger partial charge in [-0.15, -0.1) is 0 Å². The molecule has 2 rings (SSSR count). The second kappa shape index (κ2) is 6.55. The SMILES string of the molecule is CC1=CC(C)(C)Nc2c(C(=O)C[C@@H](C)/C=C/S(C)(=O)=O)cccc21. The zero-order valence-corrected chi connectivity index (χ0v) is 15.7. The second-order valence-corrected chi connectivity index (χ2v) is 9.10. The van der Waals surface area contributed by atoms with Crippen molar-refractivity contribution in [2.75, 3.05) is 11.6 Å². The summed E-state index contributed by atoms with van der Waals surface area (Å²) in [7, 11) is -3.17. The first kappa shape index (κ1) is 18.5. The number of benzene rings is 1. The van der Waals surface area contributed by atoms with Crippen LogP contribution in [0.4, 0.5) is 5.69 Å². The van der Waals surface area contributed by atoms with Crippen molar-refractivity contribution in [2.24, 2.45) is 5.92 Å². The summed E-state index contributed by atoms with van der Waals surface area (Å²) in [6.45, 7) is 8.03. The number of Topliss-reactive ketones (excluding diaryl/α,β-unsaturated/α-hetero) is 1. The molecule has 1 N–H and O–H groups in total. The summed E-state index contributed by atoms with van der Waals surface area (Å²) >= 11 is 0. The molecule has 0 fully saturated rings. The van der Waals surface area contributed by atoms with Gasteiger partial charge in [0, 0.05) is 29.2 Å². The van der Waals surface area contributed by atoms with Gasteiger partial charge in [-0.25, -0.2) is 8.42 Å². The molecule has 0 radical (unpaired) electrons. The van der Waals surface area contributed by atoms with Crippen molar-refractivity contribution >= 4 is 26.9 Å². The van der Waals surface area contributed by atoms with Crippen molar-refractivity contribution in [3.05, 3.63) is 46.9 Å². The summed E-state index contributed by atoms with van der Waals surface area (Å²) in [6.07, 6.45) is 5.15. The smallest absolute Gasteiger partial charge is 0.168 e. The fraction of sp³-hybridized carbons (Fsp3) is 0.421. The molecule has 0 bridgehead atoms. The summed E-state index contributed by atoms with van der Waals surface area (Å²) in [5.41, 5.74) is 3.50. The molecular formula is C19H25NO3S. The Bertz CT molecular complexity index is 817. The van der Waals surface area contributed by atoms with Crippen LogP contribution in [0.3, 0.4) is 0 Å². The van der Waals surface area contributed by atoms with E-state index in [2.05, 4.69) is 25.2 Å². The summed E-state index contributed by atoms with van der Waals surface area (Å²) < 4.78 is 22.4. The molecule has 1 aromatic carbocycles. The van der Waals surface area contributed by atoms with Gasteiger partial charge in [0.05, 0.1) is 11.2 Å². The van der Waals surface area contributed by atoms with E-state index in [1.165, 1.54) is 5.41 Å². The van der Waals surface area contributed by atoms with Crippen LogP contribution in [0.25, 0.3) is 5.57 Å². The van der Waals surface area contributed by atoms with Crippen molar-refractivity contribution in [3.63, 3.8) is 0 Å². The first-order valence-electron chi connectivity index (χ1n) is 8.01. The van der Waals surface area contributed by atoms with Crippen LogP contribution in [0.1, 0.15) is 50.0 Å². The zero-order chi connectivity index (χ0) is 18.1. The van der Waals surface area contributed by atoms with Crippen molar-refractivity contribution in [2.45, 2.75) is 39.7 Å². The van der Waals surface area contributed by atoms with Crippen LogP contribution in [-0.4, -0.2) is 26.0 Å². The summed E-state index contributed by atoms with van der Waals surface area (Å²) in [6, 6.07) is 5.73. The van der Waals surface area contributed by atoms with E-state index >= 15 is 0 Å². The number of nitrogens with one attached hydrogen (secondary N) is 1. The van der Waals surface area contributed by atoms with E-state index in [-0.39, 0.29) is 23.7 Å². The Balaban J connectivity index is 2.28. The summed E-state index contributed by atoms with van der Waals surface area (Å²) in [4.78, 5) is 12.7. The standard InChI is InChI=1S/C19H25NO3S/c1-13(9-10-24(5,22)23)11-17(21)16-8-6-7-15-14(2)12-19(3,4)20-18(15)16/h6-10,12-13,20H,11H2,1-5H3/b10-9+/t13-/m0/s1. The van der Waals surface area contributed by atoms with Gasteiger partial charge in [0.25, 0.3) is 0 Å². The molecule has 5 heteroatoms. The lowest BCUT2D eigenvalue weighted by molar-refractivity contribution is 0.0972. The first-order valence-corrected chi connectivity index (χ1v) is 9.96. The van der Waals surface area contributed by atoms with E-state index in [9.17, 15) is 13.2 Å². The largest absolute Gasteiger partial charge is 0.376 e. The van der Waals surface area contributed by atoms with Crippen molar-refractivity contribution < 1.29 is 13.2 Å². The van der Waals surface area contributed by atoms with Gasteiger partial charge in [-0.3, -0.25) is 4.79 Å². The average Bonchev–Trinajstić information content (AvgIpc) is 2.42. The monoisotopic (exact) mass is 347 g/mol. The van der Waals surface area contributed by atoms with E-state index in [1.807, 2.05) is 32.0 Å². The fourth-order valence-electron chi connectivity index (χ4n) is 2.97. The lowest BCUT2D eigenvalue weighted by Gasteiger charge is -2.32. The molecule has 1 aromatic rings. The number of rotatable bonds is 5. The fourth-order valence-corrected chi connectivity index (χ4v) is 3.53. The minimum Gasteiger partial charge on any atom is -0.376 e. The van der Waals surface area contributed by atoms with Gasteiger partial charge in [0.15, 0.2) is 15.6 Å². The topological polar surface area (TPSA) is 63.2 Å². The molecule has 0 amide bonds.